The zero-order valence-electron chi connectivity index (χ0n) is 18.8. The summed E-state index contributed by atoms with van der Waals surface area (Å²) >= 11 is 6.27. The molecular weight excluding hydrogens is 464 g/mol. The number of nitrogens with one attached hydrogen (secondary N) is 1. The number of sulfonamides is 1. The summed E-state index contributed by atoms with van der Waals surface area (Å²) in [5, 5.41) is 2.90. The maximum Gasteiger partial charge on any atom is 0.212 e. The molecule has 0 aromatic heterocycles. The topological polar surface area (TPSA) is 49.4 Å². The Kier molecular flexibility index (Phi) is 6.59. The highest BCUT2D eigenvalue weighted by Gasteiger charge is 2.28. The van der Waals surface area contributed by atoms with Crippen molar-refractivity contribution < 1.29 is 8.42 Å². The first-order valence-electron chi connectivity index (χ1n) is 11.5. The minimum atomic E-state index is -3.47. The summed E-state index contributed by atoms with van der Waals surface area (Å²) in [6.45, 7) is 1.32. The lowest BCUT2D eigenvalue weighted by molar-refractivity contribution is 0.524. The van der Waals surface area contributed by atoms with Gasteiger partial charge in [0, 0.05) is 29.8 Å². The molecule has 0 spiro atoms. The number of anilines is 1. The number of aryl methyl sites for hydroxylation is 1. The van der Waals surface area contributed by atoms with Gasteiger partial charge in [0.2, 0.25) is 10.0 Å². The molecular formula is C28H27ClN2O2S. The SMILES string of the molecule is O=S(=O)(CCc1cccc2ccccc12)NC1Cc2cc(Cl)ccc2N(Cc2ccccc2)C1. The van der Waals surface area contributed by atoms with Gasteiger partial charge >= 0.3 is 0 Å². The fourth-order valence-electron chi connectivity index (χ4n) is 4.82. The van der Waals surface area contributed by atoms with E-state index in [2.05, 4.69) is 33.9 Å². The quantitative estimate of drug-likeness (QED) is 0.367. The zero-order chi connectivity index (χ0) is 23.5. The second-order valence-electron chi connectivity index (χ2n) is 8.87. The van der Waals surface area contributed by atoms with Crippen molar-refractivity contribution >= 4 is 38.1 Å². The Morgan fingerprint density at radius 1 is 0.912 bits per heavy atom. The predicted octanol–water partition coefficient (Wildman–Crippen LogP) is 5.59. The third-order valence-electron chi connectivity index (χ3n) is 6.37. The van der Waals surface area contributed by atoms with Crippen LogP contribution in [0.4, 0.5) is 5.69 Å². The largest absolute Gasteiger partial charge is 0.365 e. The standard InChI is InChI=1S/C28H27ClN2O2S/c29-25-13-14-28-24(17-25)18-26(20-31(28)19-21-7-2-1-3-8-21)30-34(32,33)16-15-23-11-6-10-22-9-4-5-12-27(22)23/h1-14,17,26,30H,15-16,18-20H2. The second-order valence-corrected chi connectivity index (χ2v) is 11.2. The minimum Gasteiger partial charge on any atom is -0.365 e. The third kappa shape index (κ3) is 5.27. The van der Waals surface area contributed by atoms with Gasteiger partial charge in [-0.05, 0) is 58.5 Å². The summed E-state index contributed by atoms with van der Waals surface area (Å²) in [6, 6.07) is 30.0. The molecule has 0 bridgehead atoms. The molecule has 1 atom stereocenters. The smallest absolute Gasteiger partial charge is 0.212 e. The van der Waals surface area contributed by atoms with Crippen LogP contribution >= 0.6 is 11.6 Å². The first-order chi connectivity index (χ1) is 16.5. The van der Waals surface area contributed by atoms with Crippen LogP contribution in [0, 0.1) is 0 Å². The van der Waals surface area contributed by atoms with Gasteiger partial charge in [0.05, 0.1) is 5.75 Å². The van der Waals surface area contributed by atoms with E-state index < -0.39 is 10.0 Å². The lowest BCUT2D eigenvalue weighted by Crippen LogP contribution is -2.48. The molecule has 0 radical (unpaired) electrons. The molecule has 0 saturated heterocycles. The number of fused-ring (bicyclic) bond motifs is 2. The number of hydrogen-bond acceptors (Lipinski definition) is 3. The highest BCUT2D eigenvalue weighted by molar-refractivity contribution is 7.89. The van der Waals surface area contributed by atoms with Gasteiger partial charge in [-0.2, -0.15) is 0 Å². The van der Waals surface area contributed by atoms with Gasteiger partial charge < -0.3 is 4.90 Å². The van der Waals surface area contributed by atoms with Crippen LogP contribution in [0.2, 0.25) is 5.02 Å². The Balaban J connectivity index is 1.32. The second kappa shape index (κ2) is 9.79. The number of halogens is 1. The molecule has 0 fully saturated rings. The summed E-state index contributed by atoms with van der Waals surface area (Å²) < 4.78 is 29.2. The molecule has 0 amide bonds. The number of rotatable bonds is 7. The van der Waals surface area contributed by atoms with Crippen LogP contribution in [-0.2, 0) is 29.4 Å². The van der Waals surface area contributed by atoms with Crippen molar-refractivity contribution in [1.82, 2.24) is 4.72 Å². The number of hydrogen-bond donors (Lipinski definition) is 1. The summed E-state index contributed by atoms with van der Waals surface area (Å²) in [6.07, 6.45) is 1.09. The Hall–Kier alpha value is -2.86. The van der Waals surface area contributed by atoms with Crippen molar-refractivity contribution in [1.29, 1.82) is 0 Å². The Morgan fingerprint density at radius 3 is 2.53 bits per heavy atom. The van der Waals surface area contributed by atoms with Crippen LogP contribution in [0.5, 0.6) is 0 Å². The fourth-order valence-corrected chi connectivity index (χ4v) is 6.29. The van der Waals surface area contributed by atoms with Crippen LogP contribution in [0.1, 0.15) is 16.7 Å². The van der Waals surface area contributed by atoms with Gasteiger partial charge in [0.25, 0.3) is 0 Å². The van der Waals surface area contributed by atoms with Crippen LogP contribution in [0.25, 0.3) is 10.8 Å². The van der Waals surface area contributed by atoms with Crippen LogP contribution in [0.3, 0.4) is 0 Å². The van der Waals surface area contributed by atoms with Crippen molar-refractivity contribution in [2.24, 2.45) is 0 Å². The molecule has 6 heteroatoms. The van der Waals surface area contributed by atoms with Gasteiger partial charge in [0.15, 0.2) is 0 Å². The van der Waals surface area contributed by atoms with E-state index in [1.54, 1.807) is 0 Å². The zero-order valence-corrected chi connectivity index (χ0v) is 20.4. The highest BCUT2D eigenvalue weighted by atomic mass is 35.5. The van der Waals surface area contributed by atoms with Gasteiger partial charge in [-0.1, -0.05) is 84.4 Å². The van der Waals surface area contributed by atoms with E-state index in [1.165, 1.54) is 5.56 Å². The van der Waals surface area contributed by atoms with E-state index in [1.807, 2.05) is 66.7 Å². The molecule has 1 N–H and O–H groups in total. The molecule has 1 aliphatic heterocycles. The van der Waals surface area contributed by atoms with Crippen molar-refractivity contribution in [2.45, 2.75) is 25.4 Å². The van der Waals surface area contributed by atoms with E-state index in [-0.39, 0.29) is 11.8 Å². The molecule has 4 aromatic carbocycles. The molecule has 4 nitrogen and oxygen atoms in total. The molecule has 1 heterocycles. The summed E-state index contributed by atoms with van der Waals surface area (Å²) in [7, 11) is -3.47. The van der Waals surface area contributed by atoms with E-state index in [0.717, 1.165) is 27.6 Å². The molecule has 1 unspecified atom stereocenters. The third-order valence-corrected chi connectivity index (χ3v) is 8.04. The van der Waals surface area contributed by atoms with Gasteiger partial charge in [-0.15, -0.1) is 0 Å². The maximum absolute atomic E-state index is 13.1. The van der Waals surface area contributed by atoms with Gasteiger partial charge in [-0.3, -0.25) is 0 Å². The molecule has 0 aliphatic carbocycles. The Morgan fingerprint density at radius 2 is 1.68 bits per heavy atom. The minimum absolute atomic E-state index is 0.0542. The van der Waals surface area contributed by atoms with E-state index in [9.17, 15) is 8.42 Å². The average Bonchev–Trinajstić information content (AvgIpc) is 2.83. The first kappa shape index (κ1) is 22.9. The monoisotopic (exact) mass is 490 g/mol. The summed E-state index contributed by atoms with van der Waals surface area (Å²) in [5.41, 5.74) is 4.41. The summed E-state index contributed by atoms with van der Waals surface area (Å²) in [5.74, 6) is 0.0542. The van der Waals surface area contributed by atoms with E-state index in [4.69, 9.17) is 11.6 Å². The van der Waals surface area contributed by atoms with Crippen LogP contribution in [0.15, 0.2) is 91.0 Å². The van der Waals surface area contributed by atoms with E-state index in [0.29, 0.717) is 31.0 Å². The average molecular weight is 491 g/mol. The van der Waals surface area contributed by atoms with Crippen molar-refractivity contribution in [3.05, 3.63) is 113 Å². The Labute approximate surface area is 206 Å². The summed E-state index contributed by atoms with van der Waals surface area (Å²) in [4.78, 5) is 2.24. The van der Waals surface area contributed by atoms with E-state index >= 15 is 0 Å². The molecule has 1 aliphatic rings. The lowest BCUT2D eigenvalue weighted by atomic mass is 9.98. The number of nitrogens with zero attached hydrogens (tertiary/aromatic N) is 1. The first-order valence-corrected chi connectivity index (χ1v) is 13.5. The normalized spacial score (nSPS) is 15.9. The van der Waals surface area contributed by atoms with Gasteiger partial charge in [-0.25, -0.2) is 13.1 Å². The van der Waals surface area contributed by atoms with Crippen molar-refractivity contribution in [3.8, 4) is 0 Å². The van der Waals surface area contributed by atoms with Crippen molar-refractivity contribution in [2.75, 3.05) is 17.2 Å². The van der Waals surface area contributed by atoms with Crippen LogP contribution in [-0.4, -0.2) is 26.8 Å². The number of benzene rings is 4. The lowest BCUT2D eigenvalue weighted by Gasteiger charge is -2.36. The molecule has 34 heavy (non-hydrogen) atoms. The van der Waals surface area contributed by atoms with Crippen molar-refractivity contribution in [3.63, 3.8) is 0 Å². The maximum atomic E-state index is 13.1. The predicted molar refractivity (Wildman–Crippen MR) is 141 cm³/mol. The molecule has 4 aromatic rings. The fraction of sp³-hybridized carbons (Fsp3) is 0.214. The Bertz CT molecular complexity index is 1400. The molecule has 174 valence electrons. The van der Waals surface area contributed by atoms with Gasteiger partial charge in [0.1, 0.15) is 0 Å². The molecule has 0 saturated carbocycles. The highest BCUT2D eigenvalue weighted by Crippen LogP contribution is 2.31. The molecule has 5 rings (SSSR count). The van der Waals surface area contributed by atoms with Crippen LogP contribution < -0.4 is 9.62 Å².